The van der Waals surface area contributed by atoms with Crippen LogP contribution in [0.15, 0.2) is 42.7 Å². The number of hydrogen-bond donors (Lipinski definition) is 1. The maximum Gasteiger partial charge on any atom is 0.254 e. The van der Waals surface area contributed by atoms with Crippen LogP contribution in [-0.4, -0.2) is 17.0 Å². The number of carbonyl (C=O) groups excluding carboxylic acids is 1. The molecule has 0 aliphatic rings. The van der Waals surface area contributed by atoms with E-state index in [1.807, 2.05) is 29.1 Å². The van der Waals surface area contributed by atoms with E-state index in [0.717, 1.165) is 5.56 Å². The van der Waals surface area contributed by atoms with E-state index in [1.54, 1.807) is 13.0 Å². The highest BCUT2D eigenvalue weighted by molar-refractivity contribution is 5.94. The molecule has 1 aromatic heterocycles. The molecule has 1 N–H and O–H groups in total. The minimum Gasteiger partial charge on any atom is -0.353 e. The maximum absolute atomic E-state index is 13.5. The third kappa shape index (κ3) is 2.97. The third-order valence-electron chi connectivity index (χ3n) is 2.69. The molecular formula is C14H15FN2O. The van der Waals surface area contributed by atoms with Crippen LogP contribution in [0.25, 0.3) is 0 Å². The van der Waals surface area contributed by atoms with Crippen LogP contribution in [0.1, 0.15) is 15.9 Å². The number of benzene rings is 1. The average Bonchev–Trinajstić information content (AvgIpc) is 2.81. The highest BCUT2D eigenvalue weighted by atomic mass is 19.1. The third-order valence-corrected chi connectivity index (χ3v) is 2.69. The topological polar surface area (TPSA) is 34.0 Å². The Labute approximate surface area is 105 Å². The van der Waals surface area contributed by atoms with E-state index in [4.69, 9.17) is 0 Å². The predicted octanol–water partition coefficient (Wildman–Crippen LogP) is 2.37. The molecule has 0 atom stereocenters. The van der Waals surface area contributed by atoms with Crippen LogP contribution in [0.2, 0.25) is 0 Å². The summed E-state index contributed by atoms with van der Waals surface area (Å²) in [6, 6.07) is 8.43. The van der Waals surface area contributed by atoms with Gasteiger partial charge in [0.1, 0.15) is 5.82 Å². The van der Waals surface area contributed by atoms with Crippen molar-refractivity contribution >= 4 is 5.91 Å². The lowest BCUT2D eigenvalue weighted by Gasteiger charge is -2.07. The van der Waals surface area contributed by atoms with E-state index < -0.39 is 5.82 Å². The number of nitrogens with one attached hydrogen (secondary N) is 1. The van der Waals surface area contributed by atoms with E-state index >= 15 is 0 Å². The zero-order valence-corrected chi connectivity index (χ0v) is 10.2. The van der Waals surface area contributed by atoms with Crippen LogP contribution in [0.4, 0.5) is 4.39 Å². The summed E-state index contributed by atoms with van der Waals surface area (Å²) in [5.41, 5.74) is 0.893. The van der Waals surface area contributed by atoms with Crippen LogP contribution in [-0.2, 0) is 6.54 Å². The maximum atomic E-state index is 13.5. The van der Waals surface area contributed by atoms with Crippen molar-refractivity contribution in [3.63, 3.8) is 0 Å². The largest absolute Gasteiger partial charge is 0.353 e. The second-order valence-electron chi connectivity index (χ2n) is 4.16. The standard InChI is InChI=1S/C14H15FN2O/c1-11-4-5-12(13(15)10-11)14(18)16-6-9-17-7-2-3-8-17/h2-5,7-8,10H,6,9H2,1H3,(H,16,18). The van der Waals surface area contributed by atoms with Crippen molar-refractivity contribution < 1.29 is 9.18 Å². The Kier molecular flexibility index (Phi) is 3.77. The molecule has 0 spiro atoms. The van der Waals surface area contributed by atoms with Crippen LogP contribution in [0.5, 0.6) is 0 Å². The first kappa shape index (κ1) is 12.4. The lowest BCUT2D eigenvalue weighted by molar-refractivity contribution is 0.0948. The monoisotopic (exact) mass is 246 g/mol. The molecule has 0 unspecified atom stereocenters. The van der Waals surface area contributed by atoms with Crippen molar-refractivity contribution in [2.45, 2.75) is 13.5 Å². The van der Waals surface area contributed by atoms with Gasteiger partial charge < -0.3 is 9.88 Å². The van der Waals surface area contributed by atoms with Crippen LogP contribution >= 0.6 is 0 Å². The Hall–Kier alpha value is -2.10. The van der Waals surface area contributed by atoms with Crippen LogP contribution in [0, 0.1) is 12.7 Å². The Balaban J connectivity index is 1.91. The van der Waals surface area contributed by atoms with E-state index in [-0.39, 0.29) is 11.5 Å². The van der Waals surface area contributed by atoms with Gasteiger partial charge in [-0.05, 0) is 36.8 Å². The molecule has 4 heteroatoms. The molecule has 0 saturated carbocycles. The van der Waals surface area contributed by atoms with E-state index in [0.29, 0.717) is 13.1 Å². The van der Waals surface area contributed by atoms with Gasteiger partial charge in [0.15, 0.2) is 0 Å². The van der Waals surface area contributed by atoms with Crippen molar-refractivity contribution in [3.8, 4) is 0 Å². The Bertz CT molecular complexity index is 535. The normalized spacial score (nSPS) is 10.3. The fourth-order valence-electron chi connectivity index (χ4n) is 1.72. The van der Waals surface area contributed by atoms with Crippen molar-refractivity contribution in [2.75, 3.05) is 6.54 Å². The zero-order chi connectivity index (χ0) is 13.0. The smallest absolute Gasteiger partial charge is 0.254 e. The first-order valence-electron chi connectivity index (χ1n) is 5.82. The molecule has 1 aromatic carbocycles. The van der Waals surface area contributed by atoms with Crippen LogP contribution in [0.3, 0.4) is 0 Å². The van der Waals surface area contributed by atoms with Crippen molar-refractivity contribution in [2.24, 2.45) is 0 Å². The van der Waals surface area contributed by atoms with Gasteiger partial charge >= 0.3 is 0 Å². The Morgan fingerprint density at radius 3 is 2.72 bits per heavy atom. The summed E-state index contributed by atoms with van der Waals surface area (Å²) in [4.78, 5) is 11.7. The van der Waals surface area contributed by atoms with Gasteiger partial charge in [0.25, 0.3) is 5.91 Å². The van der Waals surface area contributed by atoms with Gasteiger partial charge in [0, 0.05) is 25.5 Å². The number of aromatic nitrogens is 1. The SMILES string of the molecule is Cc1ccc(C(=O)NCCn2cccc2)c(F)c1. The van der Waals surface area contributed by atoms with Gasteiger partial charge in [-0.3, -0.25) is 4.79 Å². The summed E-state index contributed by atoms with van der Waals surface area (Å²) in [7, 11) is 0. The van der Waals surface area contributed by atoms with Crippen LogP contribution < -0.4 is 5.32 Å². The summed E-state index contributed by atoms with van der Waals surface area (Å²) in [6.07, 6.45) is 3.83. The summed E-state index contributed by atoms with van der Waals surface area (Å²) < 4.78 is 15.5. The van der Waals surface area contributed by atoms with Gasteiger partial charge in [-0.2, -0.15) is 0 Å². The molecule has 0 aliphatic carbocycles. The first-order chi connectivity index (χ1) is 8.66. The molecule has 0 radical (unpaired) electrons. The van der Waals surface area contributed by atoms with Gasteiger partial charge in [-0.1, -0.05) is 6.07 Å². The second kappa shape index (κ2) is 5.49. The van der Waals surface area contributed by atoms with Gasteiger partial charge in [0.05, 0.1) is 5.56 Å². The Morgan fingerprint density at radius 2 is 2.06 bits per heavy atom. The number of aryl methyl sites for hydroxylation is 1. The molecule has 3 nitrogen and oxygen atoms in total. The number of rotatable bonds is 4. The number of amides is 1. The molecule has 1 heterocycles. The van der Waals surface area contributed by atoms with Gasteiger partial charge in [-0.15, -0.1) is 0 Å². The number of carbonyl (C=O) groups is 1. The molecule has 0 bridgehead atoms. The number of nitrogens with zero attached hydrogens (tertiary/aromatic N) is 1. The average molecular weight is 246 g/mol. The molecular weight excluding hydrogens is 231 g/mol. The zero-order valence-electron chi connectivity index (χ0n) is 10.2. The van der Waals surface area contributed by atoms with Crippen molar-refractivity contribution in [3.05, 3.63) is 59.7 Å². The first-order valence-corrected chi connectivity index (χ1v) is 5.82. The molecule has 0 aliphatic heterocycles. The summed E-state index contributed by atoms with van der Waals surface area (Å²) in [5.74, 6) is -0.854. The highest BCUT2D eigenvalue weighted by Gasteiger charge is 2.10. The quantitative estimate of drug-likeness (QED) is 0.883. The fourth-order valence-corrected chi connectivity index (χ4v) is 1.72. The Morgan fingerprint density at radius 1 is 1.33 bits per heavy atom. The van der Waals surface area contributed by atoms with Gasteiger partial charge in [-0.25, -0.2) is 4.39 Å². The summed E-state index contributed by atoms with van der Waals surface area (Å²) in [6.45, 7) is 2.93. The van der Waals surface area contributed by atoms with E-state index in [1.165, 1.54) is 12.1 Å². The van der Waals surface area contributed by atoms with Crippen molar-refractivity contribution in [1.82, 2.24) is 9.88 Å². The molecule has 0 fully saturated rings. The minimum absolute atomic E-state index is 0.0908. The lowest BCUT2D eigenvalue weighted by Crippen LogP contribution is -2.27. The van der Waals surface area contributed by atoms with Gasteiger partial charge in [0.2, 0.25) is 0 Å². The second-order valence-corrected chi connectivity index (χ2v) is 4.16. The fraction of sp³-hybridized carbons (Fsp3) is 0.214. The minimum atomic E-state index is -0.478. The van der Waals surface area contributed by atoms with E-state index in [9.17, 15) is 9.18 Å². The molecule has 2 rings (SSSR count). The lowest BCUT2D eigenvalue weighted by atomic mass is 10.1. The molecule has 2 aromatic rings. The highest BCUT2D eigenvalue weighted by Crippen LogP contribution is 2.09. The molecule has 0 saturated heterocycles. The van der Waals surface area contributed by atoms with Crippen molar-refractivity contribution in [1.29, 1.82) is 0 Å². The predicted molar refractivity (Wildman–Crippen MR) is 67.9 cm³/mol. The van der Waals surface area contributed by atoms with E-state index in [2.05, 4.69) is 5.32 Å². The molecule has 94 valence electrons. The molecule has 1 amide bonds. The summed E-state index contributed by atoms with van der Waals surface area (Å²) in [5, 5.41) is 2.70. The summed E-state index contributed by atoms with van der Waals surface area (Å²) >= 11 is 0. The number of halogens is 1. The number of hydrogen-bond acceptors (Lipinski definition) is 1. The molecule has 18 heavy (non-hydrogen) atoms.